The van der Waals surface area contributed by atoms with Crippen LogP contribution in [0.15, 0.2) is 48.5 Å². The number of benzene rings is 2. The molecule has 2 aromatic carbocycles. The van der Waals surface area contributed by atoms with Crippen molar-refractivity contribution in [3.05, 3.63) is 65.6 Å². The van der Waals surface area contributed by atoms with Crippen molar-refractivity contribution < 1.29 is 9.13 Å². The van der Waals surface area contributed by atoms with Crippen molar-refractivity contribution >= 4 is 10.9 Å². The van der Waals surface area contributed by atoms with Gasteiger partial charge in [-0.15, -0.1) is 0 Å². The molecule has 1 aliphatic heterocycles. The molecule has 29 heavy (non-hydrogen) atoms. The Balaban J connectivity index is 0.000000252. The molecular weight excluding hydrogens is 365 g/mol. The van der Waals surface area contributed by atoms with Crippen molar-refractivity contribution in [1.82, 2.24) is 14.8 Å². The first kappa shape index (κ1) is 21.3. The molecule has 0 bridgehead atoms. The molecule has 1 saturated heterocycles. The SMILES string of the molecule is COc1ccccc1.Cc1c(CCCN2CCNCC2)c2ccc(F)cc2n1C. The predicted octanol–water partition coefficient (Wildman–Crippen LogP) is 4.16. The number of piperazine rings is 1. The average molecular weight is 398 g/mol. The minimum Gasteiger partial charge on any atom is -0.497 e. The van der Waals surface area contributed by atoms with E-state index in [1.54, 1.807) is 19.2 Å². The zero-order chi connectivity index (χ0) is 20.6. The molecule has 3 aromatic rings. The van der Waals surface area contributed by atoms with Gasteiger partial charge in [-0.2, -0.15) is 0 Å². The number of aromatic nitrogens is 1. The lowest BCUT2D eigenvalue weighted by atomic mass is 10.1. The fraction of sp³-hybridized carbons (Fsp3) is 0.417. The molecule has 0 spiro atoms. The highest BCUT2D eigenvalue weighted by atomic mass is 19.1. The Labute approximate surface area is 173 Å². The fourth-order valence-corrected chi connectivity index (χ4v) is 3.90. The number of hydrogen-bond donors (Lipinski definition) is 1. The molecule has 0 aliphatic carbocycles. The van der Waals surface area contributed by atoms with Crippen molar-refractivity contribution in [2.24, 2.45) is 7.05 Å². The second-order valence-electron chi connectivity index (χ2n) is 7.50. The Morgan fingerprint density at radius 3 is 2.45 bits per heavy atom. The van der Waals surface area contributed by atoms with E-state index in [1.165, 1.54) is 16.6 Å². The Morgan fingerprint density at radius 1 is 1.07 bits per heavy atom. The number of nitrogens with one attached hydrogen (secondary N) is 1. The van der Waals surface area contributed by atoms with Gasteiger partial charge in [0.1, 0.15) is 11.6 Å². The summed E-state index contributed by atoms with van der Waals surface area (Å²) in [6, 6.07) is 14.8. The van der Waals surface area contributed by atoms with Crippen LogP contribution in [0.5, 0.6) is 5.75 Å². The Bertz CT molecular complexity index is 901. The van der Waals surface area contributed by atoms with Gasteiger partial charge in [0.15, 0.2) is 0 Å². The third-order valence-electron chi connectivity index (χ3n) is 5.68. The predicted molar refractivity (Wildman–Crippen MR) is 118 cm³/mol. The van der Waals surface area contributed by atoms with Crippen molar-refractivity contribution in [1.29, 1.82) is 0 Å². The van der Waals surface area contributed by atoms with Gasteiger partial charge in [-0.3, -0.25) is 0 Å². The van der Waals surface area contributed by atoms with Crippen LogP contribution in [0, 0.1) is 12.7 Å². The van der Waals surface area contributed by atoms with E-state index in [9.17, 15) is 4.39 Å². The lowest BCUT2D eigenvalue weighted by molar-refractivity contribution is 0.238. The normalized spacial score (nSPS) is 14.5. The van der Waals surface area contributed by atoms with Gasteiger partial charge in [0.25, 0.3) is 0 Å². The maximum Gasteiger partial charge on any atom is 0.125 e. The van der Waals surface area contributed by atoms with E-state index in [4.69, 9.17) is 4.74 Å². The minimum absolute atomic E-state index is 0.157. The monoisotopic (exact) mass is 397 g/mol. The summed E-state index contributed by atoms with van der Waals surface area (Å²) in [4.78, 5) is 2.52. The van der Waals surface area contributed by atoms with Gasteiger partial charge in [-0.25, -0.2) is 4.39 Å². The Kier molecular flexibility index (Phi) is 7.67. The van der Waals surface area contributed by atoms with Crippen molar-refractivity contribution in [3.63, 3.8) is 0 Å². The minimum atomic E-state index is -0.157. The van der Waals surface area contributed by atoms with Gasteiger partial charge in [0, 0.05) is 44.3 Å². The molecule has 1 N–H and O–H groups in total. The number of aryl methyl sites for hydroxylation is 2. The van der Waals surface area contributed by atoms with Crippen molar-refractivity contribution in [2.45, 2.75) is 19.8 Å². The van der Waals surface area contributed by atoms with E-state index in [0.717, 1.165) is 56.8 Å². The van der Waals surface area contributed by atoms with E-state index in [-0.39, 0.29) is 5.82 Å². The van der Waals surface area contributed by atoms with Crippen LogP contribution in [0.2, 0.25) is 0 Å². The second kappa shape index (κ2) is 10.4. The summed E-state index contributed by atoms with van der Waals surface area (Å²) in [5, 5.41) is 4.59. The number of methoxy groups -OCH3 is 1. The van der Waals surface area contributed by atoms with Crippen LogP contribution < -0.4 is 10.1 Å². The maximum atomic E-state index is 13.4. The molecule has 4 nitrogen and oxygen atoms in total. The van der Waals surface area contributed by atoms with Gasteiger partial charge in [-0.1, -0.05) is 18.2 Å². The first-order valence-electron chi connectivity index (χ1n) is 10.4. The number of ether oxygens (including phenoxy) is 1. The zero-order valence-corrected chi connectivity index (χ0v) is 17.7. The molecule has 0 radical (unpaired) electrons. The molecule has 4 rings (SSSR count). The number of nitrogens with zero attached hydrogens (tertiary/aromatic N) is 2. The summed E-state index contributed by atoms with van der Waals surface area (Å²) in [7, 11) is 3.69. The third kappa shape index (κ3) is 5.58. The molecular formula is C24H32FN3O. The molecule has 0 amide bonds. The molecule has 1 fully saturated rings. The molecule has 2 heterocycles. The van der Waals surface area contributed by atoms with Crippen LogP contribution in [0.25, 0.3) is 10.9 Å². The van der Waals surface area contributed by atoms with Crippen LogP contribution in [-0.4, -0.2) is 49.3 Å². The summed E-state index contributed by atoms with van der Waals surface area (Å²) in [6.07, 6.45) is 2.23. The number of hydrogen-bond acceptors (Lipinski definition) is 3. The maximum absolute atomic E-state index is 13.4. The fourth-order valence-electron chi connectivity index (χ4n) is 3.90. The summed E-state index contributed by atoms with van der Waals surface area (Å²) < 4.78 is 20.5. The zero-order valence-electron chi connectivity index (χ0n) is 17.7. The summed E-state index contributed by atoms with van der Waals surface area (Å²) in [5.74, 6) is 0.753. The first-order valence-corrected chi connectivity index (χ1v) is 10.4. The van der Waals surface area contributed by atoms with E-state index in [0.29, 0.717) is 0 Å². The van der Waals surface area contributed by atoms with E-state index < -0.39 is 0 Å². The highest BCUT2D eigenvalue weighted by Crippen LogP contribution is 2.26. The highest BCUT2D eigenvalue weighted by Gasteiger charge is 2.14. The standard InChI is InChI=1S/C17H24FN3.C7H8O/c1-13-15(4-3-9-21-10-7-19-8-11-21)16-6-5-14(18)12-17(16)20(13)2;1-8-7-5-3-2-4-6-7/h5-6,12,19H,3-4,7-11H2,1-2H3;2-6H,1H3. The number of halogens is 1. The van der Waals surface area contributed by atoms with Crippen LogP contribution in [0.1, 0.15) is 17.7 Å². The molecule has 5 heteroatoms. The number of fused-ring (bicyclic) bond motifs is 1. The molecule has 1 aliphatic rings. The van der Waals surface area contributed by atoms with Gasteiger partial charge in [0.2, 0.25) is 0 Å². The van der Waals surface area contributed by atoms with Gasteiger partial charge in [-0.05, 0) is 62.2 Å². The second-order valence-corrected chi connectivity index (χ2v) is 7.50. The van der Waals surface area contributed by atoms with Crippen LogP contribution in [0.3, 0.4) is 0 Å². The smallest absolute Gasteiger partial charge is 0.125 e. The van der Waals surface area contributed by atoms with Crippen LogP contribution >= 0.6 is 0 Å². The Hall–Kier alpha value is -2.37. The number of rotatable bonds is 5. The molecule has 156 valence electrons. The lowest BCUT2D eigenvalue weighted by Crippen LogP contribution is -2.43. The Morgan fingerprint density at radius 2 is 1.79 bits per heavy atom. The molecule has 0 saturated carbocycles. The van der Waals surface area contributed by atoms with E-state index >= 15 is 0 Å². The van der Waals surface area contributed by atoms with Crippen LogP contribution in [0.4, 0.5) is 4.39 Å². The molecule has 0 atom stereocenters. The van der Waals surface area contributed by atoms with Crippen molar-refractivity contribution in [2.75, 3.05) is 39.8 Å². The topological polar surface area (TPSA) is 29.4 Å². The first-order chi connectivity index (χ1) is 14.1. The average Bonchev–Trinajstić information content (AvgIpc) is 3.00. The van der Waals surface area contributed by atoms with Gasteiger partial charge in [0.05, 0.1) is 12.6 Å². The van der Waals surface area contributed by atoms with E-state index in [2.05, 4.69) is 21.7 Å². The quantitative estimate of drug-likeness (QED) is 0.701. The number of para-hydroxylation sites is 1. The summed E-state index contributed by atoms with van der Waals surface area (Å²) >= 11 is 0. The molecule has 0 unspecified atom stereocenters. The summed E-state index contributed by atoms with van der Waals surface area (Å²) in [5.41, 5.74) is 3.64. The largest absolute Gasteiger partial charge is 0.497 e. The van der Waals surface area contributed by atoms with Crippen molar-refractivity contribution in [3.8, 4) is 5.75 Å². The summed E-state index contributed by atoms with van der Waals surface area (Å²) in [6.45, 7) is 7.80. The lowest BCUT2D eigenvalue weighted by Gasteiger charge is -2.27. The van der Waals surface area contributed by atoms with Gasteiger partial charge < -0.3 is 19.5 Å². The van der Waals surface area contributed by atoms with Crippen LogP contribution in [-0.2, 0) is 13.5 Å². The molecule has 1 aromatic heterocycles. The van der Waals surface area contributed by atoms with E-state index in [1.807, 2.05) is 43.4 Å². The van der Waals surface area contributed by atoms with Gasteiger partial charge >= 0.3 is 0 Å². The third-order valence-corrected chi connectivity index (χ3v) is 5.68. The highest BCUT2D eigenvalue weighted by molar-refractivity contribution is 5.85.